The highest BCUT2D eigenvalue weighted by Crippen LogP contribution is 2.43. The van der Waals surface area contributed by atoms with E-state index in [0.29, 0.717) is 18.3 Å². The Balaban J connectivity index is 1.95. The van der Waals surface area contributed by atoms with Gasteiger partial charge in [-0.3, -0.25) is 0 Å². The summed E-state index contributed by atoms with van der Waals surface area (Å²) in [6.45, 7) is 0.549. The normalized spacial score (nSPS) is 14.8. The Morgan fingerprint density at radius 3 is 2.78 bits per heavy atom. The molecule has 18 heavy (non-hydrogen) atoms. The molecule has 0 saturated heterocycles. The average Bonchev–Trinajstić information content (AvgIpc) is 3.18. The molecule has 2 N–H and O–H groups in total. The molecule has 0 aliphatic heterocycles. The average molecular weight is 262 g/mol. The van der Waals surface area contributed by atoms with E-state index in [1.165, 1.54) is 17.7 Å². The first-order valence-electron chi connectivity index (χ1n) is 5.89. The third kappa shape index (κ3) is 2.09. The Morgan fingerprint density at radius 1 is 1.39 bits per heavy atom. The number of hydrogen-bond donors (Lipinski definition) is 1. The Morgan fingerprint density at radius 2 is 2.22 bits per heavy atom. The van der Waals surface area contributed by atoms with Crippen molar-refractivity contribution in [3.8, 4) is 16.6 Å². The van der Waals surface area contributed by atoms with Crippen LogP contribution in [0.3, 0.4) is 0 Å². The maximum atomic E-state index is 5.77. The van der Waals surface area contributed by atoms with Crippen molar-refractivity contribution in [2.45, 2.75) is 25.3 Å². The summed E-state index contributed by atoms with van der Waals surface area (Å²) in [5.41, 5.74) is 7.71. The fourth-order valence-corrected chi connectivity index (χ4v) is 2.83. The number of thiazole rings is 1. The summed E-state index contributed by atoms with van der Waals surface area (Å²) in [7, 11) is 1.57. The van der Waals surface area contributed by atoms with Gasteiger partial charge in [0.15, 0.2) is 0 Å². The van der Waals surface area contributed by atoms with E-state index >= 15 is 0 Å². The van der Waals surface area contributed by atoms with Gasteiger partial charge in [0.25, 0.3) is 0 Å². The summed E-state index contributed by atoms with van der Waals surface area (Å²) in [5.74, 6) is 1.12. The van der Waals surface area contributed by atoms with Crippen molar-refractivity contribution in [3.05, 3.63) is 22.7 Å². The molecule has 2 heterocycles. The standard InChI is InChI=1S/C12H14N4OS/c1-17-10-5-4-8(15-16-10)12-14-11(7-2-3-7)9(6-13)18-12/h4-5,7H,2-3,6,13H2,1H3. The topological polar surface area (TPSA) is 73.9 Å². The lowest BCUT2D eigenvalue weighted by molar-refractivity contribution is 0.392. The minimum Gasteiger partial charge on any atom is -0.480 e. The largest absolute Gasteiger partial charge is 0.480 e. The van der Waals surface area contributed by atoms with E-state index < -0.39 is 0 Å². The van der Waals surface area contributed by atoms with Crippen LogP contribution in [-0.4, -0.2) is 22.3 Å². The van der Waals surface area contributed by atoms with Crippen molar-refractivity contribution in [1.82, 2.24) is 15.2 Å². The van der Waals surface area contributed by atoms with Crippen molar-refractivity contribution in [2.75, 3.05) is 7.11 Å². The molecule has 0 bridgehead atoms. The zero-order chi connectivity index (χ0) is 12.5. The second kappa shape index (κ2) is 4.62. The van der Waals surface area contributed by atoms with Gasteiger partial charge < -0.3 is 10.5 Å². The first-order chi connectivity index (χ1) is 8.81. The quantitative estimate of drug-likeness (QED) is 0.911. The third-order valence-electron chi connectivity index (χ3n) is 2.95. The number of hydrogen-bond acceptors (Lipinski definition) is 6. The molecule has 1 aliphatic rings. The highest BCUT2D eigenvalue weighted by Gasteiger charge is 2.29. The van der Waals surface area contributed by atoms with Crippen molar-refractivity contribution >= 4 is 11.3 Å². The molecule has 2 aromatic heterocycles. The minimum atomic E-state index is 0.511. The molecule has 1 fully saturated rings. The van der Waals surface area contributed by atoms with Crippen LogP contribution >= 0.6 is 11.3 Å². The first-order valence-corrected chi connectivity index (χ1v) is 6.71. The molecule has 0 spiro atoms. The fourth-order valence-electron chi connectivity index (χ4n) is 1.84. The van der Waals surface area contributed by atoms with Gasteiger partial charge in [0, 0.05) is 23.4 Å². The maximum absolute atomic E-state index is 5.77. The summed E-state index contributed by atoms with van der Waals surface area (Å²) >= 11 is 1.61. The van der Waals surface area contributed by atoms with E-state index in [4.69, 9.17) is 10.5 Å². The Kier molecular flexibility index (Phi) is 2.97. The van der Waals surface area contributed by atoms with Crippen LogP contribution in [0.4, 0.5) is 0 Å². The number of ether oxygens (including phenoxy) is 1. The molecule has 2 aromatic rings. The monoisotopic (exact) mass is 262 g/mol. The third-order valence-corrected chi connectivity index (χ3v) is 4.06. The molecule has 6 heteroatoms. The molecule has 1 aliphatic carbocycles. The summed E-state index contributed by atoms with van der Waals surface area (Å²) in [5, 5.41) is 8.98. The number of aromatic nitrogens is 3. The second-order valence-electron chi connectivity index (χ2n) is 4.27. The van der Waals surface area contributed by atoms with E-state index in [0.717, 1.165) is 16.4 Å². The SMILES string of the molecule is COc1ccc(-c2nc(C3CC3)c(CN)s2)nn1. The Hall–Kier alpha value is -1.53. The Labute approximate surface area is 109 Å². The smallest absolute Gasteiger partial charge is 0.233 e. The molecule has 94 valence electrons. The predicted molar refractivity (Wildman–Crippen MR) is 69.6 cm³/mol. The molecule has 3 rings (SSSR count). The van der Waals surface area contributed by atoms with E-state index in [1.54, 1.807) is 24.5 Å². The second-order valence-corrected chi connectivity index (χ2v) is 5.35. The molecule has 0 unspecified atom stereocenters. The number of rotatable bonds is 4. The lowest BCUT2D eigenvalue weighted by atomic mass is 10.2. The van der Waals surface area contributed by atoms with Crippen LogP contribution in [0.5, 0.6) is 5.88 Å². The minimum absolute atomic E-state index is 0.511. The van der Waals surface area contributed by atoms with Gasteiger partial charge in [-0.1, -0.05) is 0 Å². The lowest BCUT2D eigenvalue weighted by Crippen LogP contribution is -1.96. The molecular formula is C12H14N4OS. The summed E-state index contributed by atoms with van der Waals surface area (Å²) in [4.78, 5) is 5.84. The first kappa shape index (κ1) is 11.6. The summed E-state index contributed by atoms with van der Waals surface area (Å²) in [6.07, 6.45) is 2.45. The highest BCUT2D eigenvalue weighted by molar-refractivity contribution is 7.15. The van der Waals surface area contributed by atoms with Crippen LogP contribution in [0.2, 0.25) is 0 Å². The van der Waals surface area contributed by atoms with E-state index in [2.05, 4.69) is 15.2 Å². The number of methoxy groups -OCH3 is 1. The molecule has 1 saturated carbocycles. The van der Waals surface area contributed by atoms with Crippen molar-refractivity contribution in [2.24, 2.45) is 5.73 Å². The number of nitrogens with zero attached hydrogens (tertiary/aromatic N) is 3. The molecule has 0 aromatic carbocycles. The maximum Gasteiger partial charge on any atom is 0.233 e. The van der Waals surface area contributed by atoms with E-state index in [-0.39, 0.29) is 0 Å². The zero-order valence-corrected chi connectivity index (χ0v) is 10.9. The van der Waals surface area contributed by atoms with Gasteiger partial charge in [0.05, 0.1) is 12.8 Å². The van der Waals surface area contributed by atoms with Crippen LogP contribution < -0.4 is 10.5 Å². The van der Waals surface area contributed by atoms with Crippen molar-refractivity contribution < 1.29 is 4.74 Å². The Bertz CT molecular complexity index is 548. The van der Waals surface area contributed by atoms with Crippen molar-refractivity contribution in [1.29, 1.82) is 0 Å². The van der Waals surface area contributed by atoms with Crippen LogP contribution in [-0.2, 0) is 6.54 Å². The fraction of sp³-hybridized carbons (Fsp3) is 0.417. The van der Waals surface area contributed by atoms with Gasteiger partial charge in [0.2, 0.25) is 5.88 Å². The van der Waals surface area contributed by atoms with Gasteiger partial charge in [-0.25, -0.2) is 4.98 Å². The molecule has 0 amide bonds. The van der Waals surface area contributed by atoms with Crippen LogP contribution in [0.25, 0.3) is 10.7 Å². The van der Waals surface area contributed by atoms with Crippen LogP contribution in [0.15, 0.2) is 12.1 Å². The summed E-state index contributed by atoms with van der Waals surface area (Å²) < 4.78 is 4.99. The van der Waals surface area contributed by atoms with Gasteiger partial charge in [-0.15, -0.1) is 21.5 Å². The number of nitrogens with two attached hydrogens (primary N) is 1. The van der Waals surface area contributed by atoms with Crippen LogP contribution in [0, 0.1) is 0 Å². The van der Waals surface area contributed by atoms with Crippen LogP contribution in [0.1, 0.15) is 29.3 Å². The molecular weight excluding hydrogens is 248 g/mol. The van der Waals surface area contributed by atoms with Gasteiger partial charge in [0.1, 0.15) is 10.7 Å². The van der Waals surface area contributed by atoms with Crippen molar-refractivity contribution in [3.63, 3.8) is 0 Å². The highest BCUT2D eigenvalue weighted by atomic mass is 32.1. The van der Waals surface area contributed by atoms with Gasteiger partial charge in [-0.2, -0.15) is 0 Å². The van der Waals surface area contributed by atoms with Gasteiger partial charge >= 0.3 is 0 Å². The van der Waals surface area contributed by atoms with E-state index in [9.17, 15) is 0 Å². The molecule has 0 radical (unpaired) electrons. The van der Waals surface area contributed by atoms with Gasteiger partial charge in [-0.05, 0) is 18.9 Å². The van der Waals surface area contributed by atoms with E-state index in [1.807, 2.05) is 6.07 Å². The zero-order valence-electron chi connectivity index (χ0n) is 10.1. The summed E-state index contributed by atoms with van der Waals surface area (Å²) in [6, 6.07) is 3.67. The molecule has 5 nitrogen and oxygen atoms in total. The molecule has 0 atom stereocenters. The lowest BCUT2D eigenvalue weighted by Gasteiger charge is -1.97. The predicted octanol–water partition coefficient (Wildman–Crippen LogP) is 1.94.